The van der Waals surface area contributed by atoms with Crippen molar-refractivity contribution in [2.24, 2.45) is 0 Å². The van der Waals surface area contributed by atoms with Crippen LogP contribution in [0.1, 0.15) is 22.3 Å². The second kappa shape index (κ2) is 13.3. The highest BCUT2D eigenvalue weighted by atomic mass is 14.5. The van der Waals surface area contributed by atoms with Crippen molar-refractivity contribution in [2.75, 3.05) is 0 Å². The van der Waals surface area contributed by atoms with Crippen LogP contribution in [0.4, 0.5) is 0 Å². The van der Waals surface area contributed by atoms with Crippen LogP contribution in [0, 0.1) is 0 Å². The fourth-order valence-electron chi connectivity index (χ4n) is 10.4. The summed E-state index contributed by atoms with van der Waals surface area (Å²) in [6, 6.07) is 85.8. The monoisotopic (exact) mass is 746 g/mol. The molecule has 1 aliphatic carbocycles. The molecule has 0 heterocycles. The Balaban J connectivity index is 1.23. The average molecular weight is 747 g/mol. The molecule has 274 valence electrons. The minimum absolute atomic E-state index is 0.511. The molecule has 0 saturated heterocycles. The van der Waals surface area contributed by atoms with E-state index in [4.69, 9.17) is 0 Å². The van der Waals surface area contributed by atoms with Gasteiger partial charge in [0.05, 0.1) is 5.41 Å². The van der Waals surface area contributed by atoms with Crippen LogP contribution in [0.25, 0.3) is 87.6 Å². The fourth-order valence-corrected chi connectivity index (χ4v) is 10.4. The van der Waals surface area contributed by atoms with Crippen molar-refractivity contribution < 1.29 is 0 Å². The number of rotatable bonds is 5. The van der Waals surface area contributed by atoms with E-state index in [0.29, 0.717) is 0 Å². The Hall–Kier alpha value is -7.54. The third-order valence-electron chi connectivity index (χ3n) is 12.9. The lowest BCUT2D eigenvalue weighted by Gasteiger charge is -2.34. The molecule has 11 aromatic rings. The van der Waals surface area contributed by atoms with Crippen LogP contribution in [0.2, 0.25) is 0 Å². The van der Waals surface area contributed by atoms with Crippen molar-refractivity contribution in [1.82, 2.24) is 0 Å². The summed E-state index contributed by atoms with van der Waals surface area (Å²) in [6.07, 6.45) is 0. The van der Waals surface area contributed by atoms with Crippen LogP contribution in [-0.2, 0) is 5.41 Å². The van der Waals surface area contributed by atoms with Gasteiger partial charge in [0, 0.05) is 0 Å². The van der Waals surface area contributed by atoms with Crippen LogP contribution in [-0.4, -0.2) is 0 Å². The molecule has 12 rings (SSSR count). The molecule has 0 spiro atoms. The zero-order chi connectivity index (χ0) is 38.9. The van der Waals surface area contributed by atoms with Gasteiger partial charge in [-0.3, -0.25) is 0 Å². The fraction of sp³-hybridized carbons (Fsp3) is 0.0169. The maximum Gasteiger partial charge on any atom is 0.0713 e. The maximum absolute atomic E-state index is 2.57. The Morgan fingerprint density at radius 3 is 1.36 bits per heavy atom. The van der Waals surface area contributed by atoms with E-state index >= 15 is 0 Å². The second-order valence-corrected chi connectivity index (χ2v) is 15.9. The maximum atomic E-state index is 2.57. The van der Waals surface area contributed by atoms with Crippen molar-refractivity contribution in [2.45, 2.75) is 5.41 Å². The largest absolute Gasteiger partial charge is 0.0713 e. The summed E-state index contributed by atoms with van der Waals surface area (Å²) in [4.78, 5) is 0. The molecule has 0 unspecified atom stereocenters. The normalized spacial score (nSPS) is 12.9. The number of benzene rings is 11. The summed E-state index contributed by atoms with van der Waals surface area (Å²) >= 11 is 0. The molecular weight excluding hydrogens is 709 g/mol. The van der Waals surface area contributed by atoms with Crippen molar-refractivity contribution in [1.29, 1.82) is 0 Å². The standard InChI is InChI=1S/C59H38/c1-3-21-43(22-4-1)59(44-23-5-2-6-24-44)55-32-14-13-27-48(55)52-37-53-54(38-56(52)59)57(42-35-33-41(34-36-42)46-30-15-19-39-17-7-9-25-45(39)46)50-28-11-12-29-51(50)58(53)49-31-16-20-40-18-8-10-26-47(40)49/h1-38H. The van der Waals surface area contributed by atoms with E-state index in [-0.39, 0.29) is 0 Å². The summed E-state index contributed by atoms with van der Waals surface area (Å²) in [5.74, 6) is 0. The Bertz CT molecular complexity index is 3360. The van der Waals surface area contributed by atoms with Gasteiger partial charge in [0.15, 0.2) is 0 Å². The molecule has 0 nitrogen and oxygen atoms in total. The van der Waals surface area contributed by atoms with Crippen molar-refractivity contribution in [3.8, 4) is 44.5 Å². The second-order valence-electron chi connectivity index (χ2n) is 15.9. The van der Waals surface area contributed by atoms with E-state index in [2.05, 4.69) is 231 Å². The topological polar surface area (TPSA) is 0 Å². The smallest absolute Gasteiger partial charge is 0.0622 e. The average Bonchev–Trinajstić information content (AvgIpc) is 3.60. The van der Waals surface area contributed by atoms with Crippen LogP contribution < -0.4 is 0 Å². The molecule has 0 aliphatic heterocycles. The first-order chi connectivity index (χ1) is 29.3. The third kappa shape index (κ3) is 4.97. The van der Waals surface area contributed by atoms with Crippen LogP contribution >= 0.6 is 0 Å². The molecule has 0 fully saturated rings. The van der Waals surface area contributed by atoms with E-state index in [1.807, 2.05) is 0 Å². The lowest BCUT2D eigenvalue weighted by Crippen LogP contribution is -2.28. The lowest BCUT2D eigenvalue weighted by atomic mass is 9.67. The quantitative estimate of drug-likeness (QED) is 0.154. The molecule has 59 heavy (non-hydrogen) atoms. The molecule has 0 atom stereocenters. The molecule has 0 saturated carbocycles. The molecule has 0 bridgehead atoms. The van der Waals surface area contributed by atoms with Crippen molar-refractivity contribution >= 4 is 43.1 Å². The number of hydrogen-bond acceptors (Lipinski definition) is 0. The van der Waals surface area contributed by atoms with Crippen molar-refractivity contribution in [3.63, 3.8) is 0 Å². The molecule has 0 aromatic heterocycles. The highest BCUT2D eigenvalue weighted by molar-refractivity contribution is 6.24. The minimum atomic E-state index is -0.511. The number of hydrogen-bond donors (Lipinski definition) is 0. The summed E-state index contributed by atoms with van der Waals surface area (Å²) < 4.78 is 0. The van der Waals surface area contributed by atoms with Crippen LogP contribution in [0.15, 0.2) is 231 Å². The van der Waals surface area contributed by atoms with Gasteiger partial charge in [0.25, 0.3) is 0 Å². The van der Waals surface area contributed by atoms with E-state index in [1.165, 1.54) is 110 Å². The minimum Gasteiger partial charge on any atom is -0.0622 e. The van der Waals surface area contributed by atoms with Gasteiger partial charge in [-0.25, -0.2) is 0 Å². The molecule has 0 amide bonds. The SMILES string of the molecule is c1ccc(C2(c3ccccc3)c3ccccc3-c3cc4c(-c5cccc6ccccc56)c5ccccc5c(-c5ccc(-c6cccc7ccccc67)cc5)c4cc32)cc1. The van der Waals surface area contributed by atoms with Gasteiger partial charge in [0.1, 0.15) is 0 Å². The summed E-state index contributed by atoms with van der Waals surface area (Å²) in [6.45, 7) is 0. The van der Waals surface area contributed by atoms with E-state index in [0.717, 1.165) is 0 Å². The van der Waals surface area contributed by atoms with Crippen molar-refractivity contribution in [3.05, 3.63) is 253 Å². The molecule has 0 radical (unpaired) electrons. The molecule has 1 aliphatic rings. The molecule has 0 heteroatoms. The van der Waals surface area contributed by atoms with Gasteiger partial charge >= 0.3 is 0 Å². The Morgan fingerprint density at radius 2 is 0.695 bits per heavy atom. The first kappa shape index (κ1) is 33.6. The molecule has 0 N–H and O–H groups in total. The number of fused-ring (bicyclic) bond motifs is 7. The van der Waals surface area contributed by atoms with Crippen LogP contribution in [0.3, 0.4) is 0 Å². The van der Waals surface area contributed by atoms with E-state index < -0.39 is 5.41 Å². The Morgan fingerprint density at radius 1 is 0.237 bits per heavy atom. The lowest BCUT2D eigenvalue weighted by molar-refractivity contribution is 0.769. The summed E-state index contributed by atoms with van der Waals surface area (Å²) in [5, 5.41) is 10.1. The highest BCUT2D eigenvalue weighted by Crippen LogP contribution is 2.58. The van der Waals surface area contributed by atoms with Gasteiger partial charge < -0.3 is 0 Å². The van der Waals surface area contributed by atoms with E-state index in [1.54, 1.807) is 0 Å². The van der Waals surface area contributed by atoms with Crippen LogP contribution in [0.5, 0.6) is 0 Å². The van der Waals surface area contributed by atoms with Gasteiger partial charge in [-0.1, -0.05) is 218 Å². The third-order valence-corrected chi connectivity index (χ3v) is 12.9. The predicted octanol–water partition coefficient (Wildman–Crippen LogP) is 15.7. The Labute approximate surface area is 344 Å². The van der Waals surface area contributed by atoms with Gasteiger partial charge in [-0.05, 0) is 122 Å². The predicted molar refractivity (Wildman–Crippen MR) is 250 cm³/mol. The van der Waals surface area contributed by atoms with Gasteiger partial charge in [-0.2, -0.15) is 0 Å². The van der Waals surface area contributed by atoms with Gasteiger partial charge in [-0.15, -0.1) is 0 Å². The summed E-state index contributed by atoms with van der Waals surface area (Å²) in [5.41, 5.74) is 14.7. The zero-order valence-electron chi connectivity index (χ0n) is 32.4. The molecule has 11 aromatic carbocycles. The first-order valence-electron chi connectivity index (χ1n) is 20.6. The first-order valence-corrected chi connectivity index (χ1v) is 20.6. The summed E-state index contributed by atoms with van der Waals surface area (Å²) in [7, 11) is 0. The molecular formula is C59H38. The highest BCUT2D eigenvalue weighted by Gasteiger charge is 2.46. The van der Waals surface area contributed by atoms with E-state index in [9.17, 15) is 0 Å². The zero-order valence-corrected chi connectivity index (χ0v) is 32.4. The Kier molecular flexibility index (Phi) is 7.55. The van der Waals surface area contributed by atoms with Gasteiger partial charge in [0.2, 0.25) is 0 Å².